The highest BCUT2D eigenvalue weighted by Crippen LogP contribution is 2.26. The van der Waals surface area contributed by atoms with Crippen molar-refractivity contribution < 1.29 is 9.90 Å². The van der Waals surface area contributed by atoms with Crippen molar-refractivity contribution in [1.82, 2.24) is 0 Å². The zero-order valence-electron chi connectivity index (χ0n) is 8.07. The van der Waals surface area contributed by atoms with Crippen molar-refractivity contribution in [2.24, 2.45) is 5.41 Å². The van der Waals surface area contributed by atoms with Gasteiger partial charge in [0.05, 0.1) is 17.0 Å². The maximum atomic E-state index is 10.8. The van der Waals surface area contributed by atoms with Gasteiger partial charge >= 0.3 is 5.97 Å². The molecule has 1 rings (SSSR count). The molecule has 74 valence electrons. The minimum absolute atomic E-state index is 0.467. The lowest BCUT2D eigenvalue weighted by Crippen LogP contribution is -2.25. The normalized spacial score (nSPS) is 10.9. The predicted octanol–water partition coefficient (Wildman–Crippen LogP) is 2.27. The van der Waals surface area contributed by atoms with Crippen LogP contribution in [-0.2, 0) is 11.2 Å². The third-order valence-corrected chi connectivity index (χ3v) is 2.91. The summed E-state index contributed by atoms with van der Waals surface area (Å²) < 4.78 is 0. The maximum absolute atomic E-state index is 10.8. The number of hydrogen-bond acceptors (Lipinski definition) is 3. The highest BCUT2D eigenvalue weighted by atomic mass is 32.1. The van der Waals surface area contributed by atoms with Gasteiger partial charge in [-0.1, -0.05) is 0 Å². The van der Waals surface area contributed by atoms with E-state index in [1.165, 1.54) is 11.3 Å². The van der Waals surface area contributed by atoms with Crippen LogP contribution in [0.4, 0.5) is 0 Å². The van der Waals surface area contributed by atoms with Crippen LogP contribution in [0.15, 0.2) is 11.4 Å². The summed E-state index contributed by atoms with van der Waals surface area (Å²) in [5.41, 5.74) is -0.163. The van der Waals surface area contributed by atoms with Gasteiger partial charge in [-0.3, -0.25) is 4.79 Å². The van der Waals surface area contributed by atoms with E-state index in [0.717, 1.165) is 4.88 Å². The fraction of sp³-hybridized carbons (Fsp3) is 0.400. The monoisotopic (exact) mass is 209 g/mol. The minimum atomic E-state index is -0.815. The lowest BCUT2D eigenvalue weighted by atomic mass is 9.89. The fourth-order valence-electron chi connectivity index (χ4n) is 1.04. The van der Waals surface area contributed by atoms with Crippen LogP contribution < -0.4 is 0 Å². The molecule has 1 heterocycles. The molecule has 0 amide bonds. The molecule has 0 radical (unpaired) electrons. The molecule has 1 aromatic heterocycles. The van der Waals surface area contributed by atoms with Gasteiger partial charge in [0.15, 0.2) is 0 Å². The summed E-state index contributed by atoms with van der Waals surface area (Å²) in [6.07, 6.45) is 0.467. The quantitative estimate of drug-likeness (QED) is 0.830. The van der Waals surface area contributed by atoms with Crippen LogP contribution in [0, 0.1) is 16.7 Å². The van der Waals surface area contributed by atoms with E-state index in [4.69, 9.17) is 10.4 Å². The maximum Gasteiger partial charge on any atom is 0.309 e. The van der Waals surface area contributed by atoms with Gasteiger partial charge in [-0.05, 0) is 26.3 Å². The summed E-state index contributed by atoms with van der Waals surface area (Å²) in [6.45, 7) is 3.36. The van der Waals surface area contributed by atoms with E-state index in [0.29, 0.717) is 12.0 Å². The summed E-state index contributed by atoms with van der Waals surface area (Å²) in [7, 11) is 0. The molecule has 0 aliphatic carbocycles. The van der Waals surface area contributed by atoms with Gasteiger partial charge in [-0.25, -0.2) is 0 Å². The Kier molecular flexibility index (Phi) is 2.92. The minimum Gasteiger partial charge on any atom is -0.481 e. The summed E-state index contributed by atoms with van der Waals surface area (Å²) in [6, 6.07) is 3.77. The lowest BCUT2D eigenvalue weighted by molar-refractivity contribution is -0.146. The van der Waals surface area contributed by atoms with Crippen LogP contribution >= 0.6 is 11.3 Å². The van der Waals surface area contributed by atoms with E-state index in [1.807, 2.05) is 6.07 Å². The molecule has 0 aliphatic heterocycles. The molecule has 0 saturated heterocycles. The Bertz CT molecular complexity index is 387. The van der Waals surface area contributed by atoms with Crippen LogP contribution in [0.2, 0.25) is 0 Å². The lowest BCUT2D eigenvalue weighted by Gasteiger charge is -2.17. The van der Waals surface area contributed by atoms with E-state index in [1.54, 1.807) is 25.3 Å². The van der Waals surface area contributed by atoms with Crippen molar-refractivity contribution >= 4 is 17.3 Å². The van der Waals surface area contributed by atoms with Crippen LogP contribution in [0.25, 0.3) is 0 Å². The average Bonchev–Trinajstić information content (AvgIpc) is 2.51. The molecule has 1 aromatic rings. The van der Waals surface area contributed by atoms with E-state index in [2.05, 4.69) is 0 Å². The van der Waals surface area contributed by atoms with Gasteiger partial charge in [0.1, 0.15) is 0 Å². The Morgan fingerprint density at radius 1 is 1.71 bits per heavy atom. The Balaban J connectivity index is 2.79. The summed E-state index contributed by atoms with van der Waals surface area (Å²) in [5, 5.41) is 19.2. The number of nitrogens with zero attached hydrogens (tertiary/aromatic N) is 1. The second kappa shape index (κ2) is 3.81. The zero-order chi connectivity index (χ0) is 10.8. The van der Waals surface area contributed by atoms with Gasteiger partial charge in [0.2, 0.25) is 0 Å². The third kappa shape index (κ3) is 2.33. The second-order valence-corrected chi connectivity index (χ2v) is 4.78. The number of thiophene rings is 1. The molecule has 0 aromatic carbocycles. The second-order valence-electron chi connectivity index (χ2n) is 3.78. The number of aliphatic carboxylic acids is 1. The molecule has 14 heavy (non-hydrogen) atoms. The van der Waals surface area contributed by atoms with Crippen LogP contribution in [0.1, 0.15) is 24.3 Å². The number of hydrogen-bond donors (Lipinski definition) is 1. The SMILES string of the molecule is CC(C)(Cc1cc(C#N)cs1)C(=O)O. The number of carboxylic acid groups (broad SMARTS) is 1. The van der Waals surface area contributed by atoms with Gasteiger partial charge in [-0.2, -0.15) is 5.26 Å². The molecule has 0 fully saturated rings. The molecule has 4 heteroatoms. The highest BCUT2D eigenvalue weighted by molar-refractivity contribution is 7.10. The Hall–Kier alpha value is -1.34. The van der Waals surface area contributed by atoms with Crippen molar-refractivity contribution in [2.75, 3.05) is 0 Å². The molecule has 0 saturated carbocycles. The first-order chi connectivity index (χ1) is 6.45. The molecule has 0 unspecified atom stereocenters. The number of carboxylic acids is 1. The van der Waals surface area contributed by atoms with E-state index in [-0.39, 0.29) is 0 Å². The Morgan fingerprint density at radius 2 is 2.36 bits per heavy atom. The van der Waals surface area contributed by atoms with Crippen molar-refractivity contribution in [1.29, 1.82) is 5.26 Å². The number of nitriles is 1. The average molecular weight is 209 g/mol. The first-order valence-corrected chi connectivity index (χ1v) is 5.04. The smallest absolute Gasteiger partial charge is 0.309 e. The molecular formula is C10H11NO2S. The van der Waals surface area contributed by atoms with Crippen LogP contribution in [-0.4, -0.2) is 11.1 Å². The summed E-state index contributed by atoms with van der Waals surface area (Å²) in [5.74, 6) is -0.815. The third-order valence-electron chi connectivity index (χ3n) is 1.98. The number of carbonyl (C=O) groups is 1. The van der Waals surface area contributed by atoms with Crippen LogP contribution in [0.3, 0.4) is 0 Å². The first kappa shape index (κ1) is 10.7. The van der Waals surface area contributed by atoms with Gasteiger partial charge in [0, 0.05) is 10.3 Å². The van der Waals surface area contributed by atoms with Gasteiger partial charge < -0.3 is 5.11 Å². The molecule has 0 spiro atoms. The number of rotatable bonds is 3. The van der Waals surface area contributed by atoms with Crippen LogP contribution in [0.5, 0.6) is 0 Å². The van der Waals surface area contributed by atoms with Crippen molar-refractivity contribution in [3.8, 4) is 6.07 Å². The summed E-state index contributed by atoms with van der Waals surface area (Å²) in [4.78, 5) is 11.8. The Morgan fingerprint density at radius 3 is 2.79 bits per heavy atom. The molecule has 3 nitrogen and oxygen atoms in total. The molecule has 1 N–H and O–H groups in total. The topological polar surface area (TPSA) is 61.1 Å². The van der Waals surface area contributed by atoms with E-state index < -0.39 is 11.4 Å². The standard InChI is InChI=1S/C10H11NO2S/c1-10(2,9(12)13)4-8-3-7(5-11)6-14-8/h3,6H,4H2,1-2H3,(H,12,13). The predicted molar refractivity (Wildman–Crippen MR) is 54.2 cm³/mol. The zero-order valence-corrected chi connectivity index (χ0v) is 8.89. The molecular weight excluding hydrogens is 198 g/mol. The first-order valence-electron chi connectivity index (χ1n) is 4.16. The van der Waals surface area contributed by atoms with E-state index >= 15 is 0 Å². The summed E-state index contributed by atoms with van der Waals surface area (Å²) >= 11 is 1.43. The highest BCUT2D eigenvalue weighted by Gasteiger charge is 2.27. The largest absolute Gasteiger partial charge is 0.481 e. The molecule has 0 bridgehead atoms. The van der Waals surface area contributed by atoms with Gasteiger partial charge in [0.25, 0.3) is 0 Å². The van der Waals surface area contributed by atoms with Crippen molar-refractivity contribution in [3.63, 3.8) is 0 Å². The molecule has 0 atom stereocenters. The van der Waals surface area contributed by atoms with Crippen molar-refractivity contribution in [2.45, 2.75) is 20.3 Å². The Labute approximate surface area is 86.6 Å². The molecule has 0 aliphatic rings. The fourth-order valence-corrected chi connectivity index (χ4v) is 2.08. The van der Waals surface area contributed by atoms with E-state index in [9.17, 15) is 4.79 Å². The van der Waals surface area contributed by atoms with Gasteiger partial charge in [-0.15, -0.1) is 11.3 Å². The van der Waals surface area contributed by atoms with Crippen molar-refractivity contribution in [3.05, 3.63) is 21.9 Å².